The first-order valence-electron chi connectivity index (χ1n) is 8.54. The average Bonchev–Trinajstić information content (AvgIpc) is 3.10. The highest BCUT2D eigenvalue weighted by atomic mass is 19.1. The molecule has 3 aromatic heterocycles. The number of primary amides is 2. The Morgan fingerprint density at radius 2 is 2.07 bits per heavy atom. The number of nitrogens with zero attached hydrogens (tertiary/aromatic N) is 4. The maximum atomic E-state index is 14.6. The highest BCUT2D eigenvalue weighted by Gasteiger charge is 2.25. The molecule has 10 heteroatoms. The van der Waals surface area contributed by atoms with E-state index in [1.54, 1.807) is 42.0 Å². The molecule has 0 aliphatic rings. The quantitative estimate of drug-likeness (QED) is 0.563. The second-order valence-electron chi connectivity index (χ2n) is 6.22. The predicted octanol–water partition coefficient (Wildman–Crippen LogP) is 1.41. The van der Waals surface area contributed by atoms with E-state index in [-0.39, 0.29) is 17.2 Å². The standard InChI is InChI=1S/C18H20FN7O2/c1-3-13(16(21)28)25(2)18-12(19)9-11(15(20)27)17(24-18)23-10-4-6-26-7-5-22-14(26)8-10/h4-9,13H,3H2,1-2H3,(H2,20,27)(H2,21,28)(H,23,24). The number of hydrogen-bond acceptors (Lipinski definition) is 6. The molecule has 0 spiro atoms. The average molecular weight is 385 g/mol. The van der Waals surface area contributed by atoms with Crippen molar-refractivity contribution in [2.45, 2.75) is 19.4 Å². The highest BCUT2D eigenvalue weighted by Crippen LogP contribution is 2.27. The fourth-order valence-corrected chi connectivity index (χ4v) is 2.95. The molecule has 3 aromatic rings. The van der Waals surface area contributed by atoms with Crippen molar-refractivity contribution in [2.24, 2.45) is 11.5 Å². The molecule has 9 nitrogen and oxygen atoms in total. The molecule has 2 amide bonds. The molecule has 146 valence electrons. The van der Waals surface area contributed by atoms with Gasteiger partial charge in [0, 0.05) is 37.4 Å². The number of nitrogens with two attached hydrogens (primary N) is 2. The van der Waals surface area contributed by atoms with Crippen LogP contribution in [0.5, 0.6) is 0 Å². The molecule has 1 unspecified atom stereocenters. The van der Waals surface area contributed by atoms with Gasteiger partial charge in [0.25, 0.3) is 5.91 Å². The molecule has 3 rings (SSSR count). The van der Waals surface area contributed by atoms with E-state index in [9.17, 15) is 14.0 Å². The van der Waals surface area contributed by atoms with Crippen LogP contribution in [-0.4, -0.2) is 39.3 Å². The second kappa shape index (κ2) is 7.51. The van der Waals surface area contributed by atoms with Crippen LogP contribution >= 0.6 is 0 Å². The summed E-state index contributed by atoms with van der Waals surface area (Å²) >= 11 is 0. The normalized spacial score (nSPS) is 12.0. The van der Waals surface area contributed by atoms with E-state index in [1.165, 1.54) is 11.9 Å². The van der Waals surface area contributed by atoms with Crippen molar-refractivity contribution in [1.29, 1.82) is 0 Å². The van der Waals surface area contributed by atoms with Crippen molar-refractivity contribution in [2.75, 3.05) is 17.3 Å². The Kier molecular flexibility index (Phi) is 5.12. The van der Waals surface area contributed by atoms with Gasteiger partial charge in [0.15, 0.2) is 11.6 Å². The lowest BCUT2D eigenvalue weighted by Gasteiger charge is -2.26. The Balaban J connectivity index is 2.04. The molecule has 0 bridgehead atoms. The largest absolute Gasteiger partial charge is 0.368 e. The number of pyridine rings is 2. The van der Waals surface area contributed by atoms with Crippen LogP contribution in [0.1, 0.15) is 23.7 Å². The lowest BCUT2D eigenvalue weighted by molar-refractivity contribution is -0.119. The van der Waals surface area contributed by atoms with Gasteiger partial charge in [-0.25, -0.2) is 14.4 Å². The molecule has 3 heterocycles. The van der Waals surface area contributed by atoms with Crippen molar-refractivity contribution in [3.05, 3.63) is 48.2 Å². The summed E-state index contributed by atoms with van der Waals surface area (Å²) in [5.41, 5.74) is 11.9. The van der Waals surface area contributed by atoms with Crippen LogP contribution in [0.15, 0.2) is 36.8 Å². The number of halogens is 1. The molecule has 0 saturated carbocycles. The van der Waals surface area contributed by atoms with Crippen LogP contribution < -0.4 is 21.7 Å². The molecule has 0 radical (unpaired) electrons. The van der Waals surface area contributed by atoms with Crippen LogP contribution in [-0.2, 0) is 4.79 Å². The van der Waals surface area contributed by atoms with Gasteiger partial charge in [0.1, 0.15) is 17.5 Å². The number of carbonyl (C=O) groups excluding carboxylic acids is 2. The van der Waals surface area contributed by atoms with Crippen LogP contribution in [0.2, 0.25) is 0 Å². The molecular weight excluding hydrogens is 365 g/mol. The monoisotopic (exact) mass is 385 g/mol. The molecule has 28 heavy (non-hydrogen) atoms. The fraction of sp³-hybridized carbons (Fsp3) is 0.222. The number of carbonyl (C=O) groups is 2. The zero-order valence-corrected chi connectivity index (χ0v) is 15.4. The van der Waals surface area contributed by atoms with Gasteiger partial charge in [0.05, 0.1) is 5.56 Å². The molecule has 5 N–H and O–H groups in total. The maximum Gasteiger partial charge on any atom is 0.252 e. The minimum Gasteiger partial charge on any atom is -0.368 e. The van der Waals surface area contributed by atoms with E-state index in [4.69, 9.17) is 11.5 Å². The minimum atomic E-state index is -0.841. The zero-order chi connectivity index (χ0) is 20.4. The first-order valence-corrected chi connectivity index (χ1v) is 8.54. The lowest BCUT2D eigenvalue weighted by atomic mass is 10.1. The molecule has 0 aromatic carbocycles. The zero-order valence-electron chi connectivity index (χ0n) is 15.4. The maximum absolute atomic E-state index is 14.6. The van der Waals surface area contributed by atoms with Gasteiger partial charge in [-0.2, -0.15) is 0 Å². The molecule has 0 aliphatic heterocycles. The van der Waals surface area contributed by atoms with Crippen LogP contribution in [0, 0.1) is 5.82 Å². The molecule has 0 saturated heterocycles. The van der Waals surface area contributed by atoms with Gasteiger partial charge in [-0.3, -0.25) is 9.59 Å². The topological polar surface area (TPSA) is 132 Å². The van der Waals surface area contributed by atoms with Crippen molar-refractivity contribution in [3.63, 3.8) is 0 Å². The second-order valence-corrected chi connectivity index (χ2v) is 6.22. The third kappa shape index (κ3) is 3.56. The number of rotatable bonds is 7. The number of amides is 2. The van der Waals surface area contributed by atoms with Gasteiger partial charge in [-0.15, -0.1) is 0 Å². The molecule has 0 fully saturated rings. The first-order chi connectivity index (χ1) is 13.3. The molecular formula is C18H20FN7O2. The third-order valence-electron chi connectivity index (χ3n) is 4.40. The molecule has 0 aliphatic carbocycles. The van der Waals surface area contributed by atoms with E-state index < -0.39 is 23.7 Å². The highest BCUT2D eigenvalue weighted by molar-refractivity contribution is 5.98. The van der Waals surface area contributed by atoms with Gasteiger partial charge < -0.3 is 26.1 Å². The summed E-state index contributed by atoms with van der Waals surface area (Å²) in [6.45, 7) is 1.75. The Bertz CT molecular complexity index is 1050. The van der Waals surface area contributed by atoms with E-state index in [1.807, 2.05) is 0 Å². The van der Waals surface area contributed by atoms with Crippen molar-refractivity contribution in [3.8, 4) is 0 Å². The number of nitrogens with one attached hydrogen (secondary N) is 1. The number of imidazole rings is 1. The minimum absolute atomic E-state index is 0.0611. The van der Waals surface area contributed by atoms with Crippen LogP contribution in [0.4, 0.5) is 21.7 Å². The summed E-state index contributed by atoms with van der Waals surface area (Å²) in [6, 6.07) is 3.71. The summed E-state index contributed by atoms with van der Waals surface area (Å²) in [5, 5.41) is 2.97. The summed E-state index contributed by atoms with van der Waals surface area (Å²) in [7, 11) is 1.51. The van der Waals surface area contributed by atoms with E-state index >= 15 is 0 Å². The number of aromatic nitrogens is 3. The van der Waals surface area contributed by atoms with E-state index in [2.05, 4.69) is 15.3 Å². The Hall–Kier alpha value is -3.69. The summed E-state index contributed by atoms with van der Waals surface area (Å²) < 4.78 is 16.4. The van der Waals surface area contributed by atoms with Gasteiger partial charge in [-0.1, -0.05) is 6.92 Å². The summed E-state index contributed by atoms with van der Waals surface area (Å²) in [4.78, 5) is 33.2. The number of anilines is 3. The number of hydrogen-bond donors (Lipinski definition) is 3. The third-order valence-corrected chi connectivity index (χ3v) is 4.40. The van der Waals surface area contributed by atoms with Crippen LogP contribution in [0.3, 0.4) is 0 Å². The Labute approximate surface area is 160 Å². The predicted molar refractivity (Wildman–Crippen MR) is 103 cm³/mol. The van der Waals surface area contributed by atoms with E-state index in [0.717, 1.165) is 6.07 Å². The number of fused-ring (bicyclic) bond motifs is 1. The lowest BCUT2D eigenvalue weighted by Crippen LogP contribution is -2.43. The smallest absolute Gasteiger partial charge is 0.252 e. The summed E-state index contributed by atoms with van der Waals surface area (Å²) in [5.74, 6) is -2.30. The van der Waals surface area contributed by atoms with Crippen molar-refractivity contribution in [1.82, 2.24) is 14.4 Å². The Morgan fingerprint density at radius 1 is 1.32 bits per heavy atom. The Morgan fingerprint density at radius 3 is 2.71 bits per heavy atom. The van der Waals surface area contributed by atoms with E-state index in [0.29, 0.717) is 17.8 Å². The van der Waals surface area contributed by atoms with Gasteiger partial charge in [0.2, 0.25) is 5.91 Å². The summed E-state index contributed by atoms with van der Waals surface area (Å²) in [6.07, 6.45) is 5.56. The van der Waals surface area contributed by atoms with Gasteiger partial charge >= 0.3 is 0 Å². The van der Waals surface area contributed by atoms with Crippen molar-refractivity contribution >= 4 is 34.8 Å². The first kappa shape index (κ1) is 19.1. The van der Waals surface area contributed by atoms with Crippen LogP contribution in [0.25, 0.3) is 5.65 Å². The van der Waals surface area contributed by atoms with Crippen molar-refractivity contribution < 1.29 is 14.0 Å². The SMILES string of the molecule is CCC(C(N)=O)N(C)c1nc(Nc2ccn3ccnc3c2)c(C(N)=O)cc1F. The number of likely N-dealkylation sites (N-methyl/N-ethyl adjacent to an activating group) is 1. The fourth-order valence-electron chi connectivity index (χ4n) is 2.95. The van der Waals surface area contributed by atoms with Gasteiger partial charge in [-0.05, 0) is 18.6 Å². The molecule has 1 atom stereocenters.